The Hall–Kier alpha value is -3.63. The molecule has 0 spiro atoms. The summed E-state index contributed by atoms with van der Waals surface area (Å²) in [5.41, 5.74) is 0.933. The van der Waals surface area contributed by atoms with Crippen LogP contribution in [0.4, 0.5) is 5.00 Å². The number of thiophene rings is 1. The van der Waals surface area contributed by atoms with Gasteiger partial charge in [0.05, 0.1) is 19.8 Å². The van der Waals surface area contributed by atoms with E-state index in [-0.39, 0.29) is 11.1 Å². The van der Waals surface area contributed by atoms with Crippen molar-refractivity contribution < 1.29 is 19.1 Å². The van der Waals surface area contributed by atoms with Crippen molar-refractivity contribution in [2.75, 3.05) is 19.5 Å². The number of methoxy groups -OCH3 is 2. The fourth-order valence-corrected chi connectivity index (χ4v) is 4.38. The zero-order chi connectivity index (χ0) is 22.4. The molecule has 0 fully saturated rings. The molecular weight excluding hydrogens is 412 g/mol. The number of anilines is 1. The molecule has 158 valence electrons. The van der Waals surface area contributed by atoms with Crippen molar-refractivity contribution in [1.29, 1.82) is 5.26 Å². The first-order valence-corrected chi connectivity index (χ1v) is 10.5. The number of nitrogens with one attached hydrogen (secondary N) is 1. The second-order valence-corrected chi connectivity index (χ2v) is 7.86. The Morgan fingerprint density at radius 1 is 1.16 bits per heavy atom. The third kappa shape index (κ3) is 4.76. The van der Waals surface area contributed by atoms with Crippen LogP contribution in [0, 0.1) is 11.3 Å². The molecule has 0 unspecified atom stereocenters. The van der Waals surface area contributed by atoms with E-state index in [0.717, 1.165) is 28.5 Å². The molecule has 0 atom stereocenters. The van der Waals surface area contributed by atoms with E-state index in [1.807, 2.05) is 37.3 Å². The Morgan fingerprint density at radius 2 is 1.90 bits per heavy atom. The Balaban J connectivity index is 1.97. The molecule has 1 amide bonds. The lowest BCUT2D eigenvalue weighted by atomic mass is 10.0. The van der Waals surface area contributed by atoms with Crippen LogP contribution in [0.5, 0.6) is 5.75 Å². The van der Waals surface area contributed by atoms with E-state index >= 15 is 0 Å². The highest BCUT2D eigenvalue weighted by atomic mass is 32.1. The first-order chi connectivity index (χ1) is 15.0. The summed E-state index contributed by atoms with van der Waals surface area (Å²) in [4.78, 5) is 25.9. The number of aryl methyl sites for hydroxylation is 1. The highest BCUT2D eigenvalue weighted by Gasteiger charge is 2.20. The SMILES string of the molecule is CCCc1cc(C(=O)OC)c(NC(=O)/C(C#N)=C/c2ccc(OC)c3ccccc23)s1. The van der Waals surface area contributed by atoms with Crippen molar-refractivity contribution in [3.63, 3.8) is 0 Å². The van der Waals surface area contributed by atoms with Crippen LogP contribution in [0.25, 0.3) is 16.8 Å². The lowest BCUT2D eigenvalue weighted by molar-refractivity contribution is -0.112. The van der Waals surface area contributed by atoms with Gasteiger partial charge < -0.3 is 14.8 Å². The lowest BCUT2D eigenvalue weighted by Crippen LogP contribution is -2.15. The minimum absolute atomic E-state index is 0.0726. The van der Waals surface area contributed by atoms with E-state index in [1.54, 1.807) is 25.3 Å². The molecule has 1 N–H and O–H groups in total. The fraction of sp³-hybridized carbons (Fsp3) is 0.208. The molecule has 7 heteroatoms. The van der Waals surface area contributed by atoms with Crippen LogP contribution in [0.1, 0.15) is 34.1 Å². The molecule has 0 aliphatic rings. The van der Waals surface area contributed by atoms with Crippen molar-refractivity contribution in [2.24, 2.45) is 0 Å². The van der Waals surface area contributed by atoms with E-state index in [0.29, 0.717) is 16.3 Å². The van der Waals surface area contributed by atoms with Gasteiger partial charge in [-0.25, -0.2) is 4.79 Å². The quantitative estimate of drug-likeness (QED) is 0.314. The third-order valence-corrected chi connectivity index (χ3v) is 5.82. The number of amides is 1. The largest absolute Gasteiger partial charge is 0.496 e. The number of nitriles is 1. The Kier molecular flexibility index (Phi) is 7.06. The van der Waals surface area contributed by atoms with Gasteiger partial charge in [-0.2, -0.15) is 5.26 Å². The maximum atomic E-state index is 12.9. The fourth-order valence-electron chi connectivity index (χ4n) is 3.24. The predicted molar refractivity (Wildman–Crippen MR) is 122 cm³/mol. The highest BCUT2D eigenvalue weighted by Crippen LogP contribution is 2.32. The molecule has 3 aromatic rings. The summed E-state index contributed by atoms with van der Waals surface area (Å²) in [6.07, 6.45) is 3.22. The lowest BCUT2D eigenvalue weighted by Gasteiger charge is -2.09. The van der Waals surface area contributed by atoms with E-state index in [2.05, 4.69) is 5.32 Å². The average Bonchev–Trinajstić information content (AvgIpc) is 3.19. The van der Waals surface area contributed by atoms with Crippen LogP contribution in [-0.4, -0.2) is 26.1 Å². The summed E-state index contributed by atoms with van der Waals surface area (Å²) in [6, 6.07) is 14.9. The van der Waals surface area contributed by atoms with Gasteiger partial charge >= 0.3 is 5.97 Å². The predicted octanol–water partition coefficient (Wildman–Crippen LogP) is 5.19. The summed E-state index contributed by atoms with van der Waals surface area (Å²) < 4.78 is 10.2. The number of nitrogens with zero attached hydrogens (tertiary/aromatic N) is 1. The van der Waals surface area contributed by atoms with Crippen molar-refractivity contribution in [3.8, 4) is 11.8 Å². The number of ether oxygens (including phenoxy) is 2. The molecule has 0 aliphatic heterocycles. The molecule has 3 rings (SSSR count). The van der Waals surface area contributed by atoms with Gasteiger partial charge in [0.25, 0.3) is 5.91 Å². The normalized spacial score (nSPS) is 11.1. The minimum Gasteiger partial charge on any atom is -0.496 e. The molecule has 0 radical (unpaired) electrons. The third-order valence-electron chi connectivity index (χ3n) is 4.71. The minimum atomic E-state index is -0.586. The van der Waals surface area contributed by atoms with Gasteiger partial charge in [0.15, 0.2) is 0 Å². The summed E-state index contributed by atoms with van der Waals surface area (Å²) >= 11 is 1.31. The van der Waals surface area contributed by atoms with E-state index in [4.69, 9.17) is 9.47 Å². The zero-order valence-electron chi connectivity index (χ0n) is 17.5. The number of carbonyl (C=O) groups is 2. The van der Waals surface area contributed by atoms with Crippen molar-refractivity contribution >= 4 is 45.1 Å². The zero-order valence-corrected chi connectivity index (χ0v) is 18.3. The number of benzene rings is 2. The van der Waals surface area contributed by atoms with Crippen LogP contribution >= 0.6 is 11.3 Å². The first kappa shape index (κ1) is 22.1. The van der Waals surface area contributed by atoms with Crippen LogP contribution in [-0.2, 0) is 16.0 Å². The van der Waals surface area contributed by atoms with Gasteiger partial charge in [0.1, 0.15) is 22.4 Å². The first-order valence-electron chi connectivity index (χ1n) is 9.72. The van der Waals surface area contributed by atoms with Gasteiger partial charge in [-0.05, 0) is 35.6 Å². The number of rotatable bonds is 7. The monoisotopic (exact) mass is 434 g/mol. The number of fused-ring (bicyclic) bond motifs is 1. The molecule has 0 aliphatic carbocycles. The maximum Gasteiger partial charge on any atom is 0.340 e. The number of carbonyl (C=O) groups excluding carboxylic acids is 2. The molecular formula is C24H22N2O4S. The number of esters is 1. The van der Waals surface area contributed by atoms with Crippen LogP contribution < -0.4 is 10.1 Å². The molecule has 31 heavy (non-hydrogen) atoms. The van der Waals surface area contributed by atoms with Crippen LogP contribution in [0.2, 0.25) is 0 Å². The van der Waals surface area contributed by atoms with Crippen LogP contribution in [0.3, 0.4) is 0 Å². The van der Waals surface area contributed by atoms with Gasteiger partial charge in [-0.1, -0.05) is 43.7 Å². The molecule has 0 saturated carbocycles. The van der Waals surface area contributed by atoms with E-state index < -0.39 is 11.9 Å². The van der Waals surface area contributed by atoms with Gasteiger partial charge in [-0.3, -0.25) is 4.79 Å². The average molecular weight is 435 g/mol. The summed E-state index contributed by atoms with van der Waals surface area (Å²) in [7, 11) is 2.89. The van der Waals surface area contributed by atoms with Gasteiger partial charge in [0.2, 0.25) is 0 Å². The Labute approximate surface area is 184 Å². The van der Waals surface area contributed by atoms with E-state index in [9.17, 15) is 14.9 Å². The molecule has 0 saturated heterocycles. The topological polar surface area (TPSA) is 88.4 Å². The molecule has 2 aromatic carbocycles. The summed E-state index contributed by atoms with van der Waals surface area (Å²) in [5.74, 6) is -0.407. The molecule has 0 bridgehead atoms. The summed E-state index contributed by atoms with van der Waals surface area (Å²) in [6.45, 7) is 2.03. The highest BCUT2D eigenvalue weighted by molar-refractivity contribution is 7.16. The van der Waals surface area contributed by atoms with Gasteiger partial charge in [-0.15, -0.1) is 11.3 Å². The Bertz CT molecular complexity index is 1200. The van der Waals surface area contributed by atoms with Crippen LogP contribution in [0.15, 0.2) is 48.0 Å². The molecule has 6 nitrogen and oxygen atoms in total. The number of hydrogen-bond acceptors (Lipinski definition) is 6. The van der Waals surface area contributed by atoms with Crippen molar-refractivity contribution in [2.45, 2.75) is 19.8 Å². The second kappa shape index (κ2) is 9.92. The second-order valence-electron chi connectivity index (χ2n) is 6.72. The molecule has 1 heterocycles. The Morgan fingerprint density at radius 3 is 2.55 bits per heavy atom. The smallest absolute Gasteiger partial charge is 0.340 e. The van der Waals surface area contributed by atoms with Gasteiger partial charge in [0, 0.05) is 10.3 Å². The number of hydrogen-bond donors (Lipinski definition) is 1. The summed E-state index contributed by atoms with van der Waals surface area (Å²) in [5, 5.41) is 14.5. The van der Waals surface area contributed by atoms with Crippen molar-refractivity contribution in [3.05, 3.63) is 64.0 Å². The van der Waals surface area contributed by atoms with E-state index in [1.165, 1.54) is 24.5 Å². The van der Waals surface area contributed by atoms with Crippen molar-refractivity contribution in [1.82, 2.24) is 0 Å². The standard InChI is InChI=1S/C24H22N2O4S/c1-4-7-17-13-20(24(28)30-3)23(31-17)26-22(27)16(14-25)12-15-10-11-21(29-2)19-9-6-5-8-18(15)19/h5-6,8-13H,4,7H2,1-3H3,(H,26,27)/b16-12+. The molecule has 1 aromatic heterocycles. The maximum absolute atomic E-state index is 12.9.